The van der Waals surface area contributed by atoms with Gasteiger partial charge in [0.15, 0.2) is 5.82 Å². The van der Waals surface area contributed by atoms with Crippen LogP contribution in [-0.2, 0) is 4.79 Å². The van der Waals surface area contributed by atoms with Gasteiger partial charge in [0.2, 0.25) is 11.9 Å². The van der Waals surface area contributed by atoms with E-state index in [4.69, 9.17) is 0 Å². The molecule has 0 saturated carbocycles. The molecule has 1 atom stereocenters. The van der Waals surface area contributed by atoms with Gasteiger partial charge < -0.3 is 4.98 Å². The third-order valence-electron chi connectivity index (χ3n) is 3.21. The van der Waals surface area contributed by atoms with Crippen molar-refractivity contribution in [2.24, 2.45) is 5.92 Å². The summed E-state index contributed by atoms with van der Waals surface area (Å²) in [5, 5.41) is 10.6. The maximum Gasteiger partial charge on any atom is 0.228 e. The first-order chi connectivity index (χ1) is 9.81. The van der Waals surface area contributed by atoms with Crippen molar-refractivity contribution in [3.63, 3.8) is 0 Å². The summed E-state index contributed by atoms with van der Waals surface area (Å²) in [5.74, 6) is 1.19. The molecule has 1 unspecified atom stereocenters. The van der Waals surface area contributed by atoms with Crippen molar-refractivity contribution in [2.75, 3.05) is 5.32 Å². The van der Waals surface area contributed by atoms with Crippen molar-refractivity contribution in [2.45, 2.75) is 19.3 Å². The molecule has 102 valence electrons. The lowest BCUT2D eigenvalue weighted by Gasteiger charge is -2.05. The number of H-pyrrole nitrogens is 1. The van der Waals surface area contributed by atoms with Gasteiger partial charge in [0.25, 0.3) is 0 Å². The van der Waals surface area contributed by atoms with Crippen LogP contribution < -0.4 is 5.32 Å². The van der Waals surface area contributed by atoms with Crippen LogP contribution in [0.4, 0.5) is 5.95 Å². The third-order valence-corrected chi connectivity index (χ3v) is 3.21. The molecule has 0 aliphatic heterocycles. The molecule has 0 bridgehead atoms. The minimum atomic E-state index is -0.0507. The number of allylic oxidation sites excluding steroid dienone is 2. The van der Waals surface area contributed by atoms with Crippen LogP contribution >= 0.6 is 0 Å². The second-order valence-electron chi connectivity index (χ2n) is 4.76. The molecule has 1 aliphatic rings. The number of rotatable bonds is 4. The Morgan fingerprint density at radius 3 is 3.10 bits per heavy atom. The van der Waals surface area contributed by atoms with E-state index >= 15 is 0 Å². The molecule has 0 radical (unpaired) electrons. The lowest BCUT2D eigenvalue weighted by Crippen LogP contribution is -2.15. The van der Waals surface area contributed by atoms with Crippen molar-refractivity contribution in [3.8, 4) is 11.5 Å². The summed E-state index contributed by atoms with van der Waals surface area (Å²) in [6.45, 7) is 0. The number of nitrogens with zero attached hydrogens (tertiary/aromatic N) is 3. The number of pyridine rings is 1. The van der Waals surface area contributed by atoms with Crippen LogP contribution in [-0.4, -0.2) is 26.1 Å². The Balaban J connectivity index is 1.62. The topological polar surface area (TPSA) is 83.6 Å². The molecule has 0 saturated heterocycles. The van der Waals surface area contributed by atoms with Crippen LogP contribution in [0.15, 0.2) is 36.5 Å². The first-order valence-electron chi connectivity index (χ1n) is 6.62. The fourth-order valence-corrected chi connectivity index (χ4v) is 2.22. The van der Waals surface area contributed by atoms with Crippen molar-refractivity contribution in [3.05, 3.63) is 36.5 Å². The van der Waals surface area contributed by atoms with E-state index in [-0.39, 0.29) is 5.91 Å². The number of carbonyl (C=O) groups is 1. The highest BCUT2D eigenvalue weighted by Gasteiger charge is 2.15. The molecule has 0 fully saturated rings. The molecule has 6 nitrogen and oxygen atoms in total. The lowest BCUT2D eigenvalue weighted by atomic mass is 10.1. The van der Waals surface area contributed by atoms with Crippen molar-refractivity contribution < 1.29 is 4.79 Å². The van der Waals surface area contributed by atoms with Gasteiger partial charge in [-0.25, -0.2) is 0 Å². The van der Waals surface area contributed by atoms with Gasteiger partial charge in [-0.2, -0.15) is 0 Å². The zero-order chi connectivity index (χ0) is 13.8. The molecular formula is C14H15N5O. The maximum absolute atomic E-state index is 11.9. The van der Waals surface area contributed by atoms with Gasteiger partial charge in [0.1, 0.15) is 5.69 Å². The third kappa shape index (κ3) is 2.90. The molecule has 2 heterocycles. The standard InChI is InChI=1S/C14H15N5O/c20-12(9-10-5-1-2-6-10)16-14-17-13(18-19-14)11-7-3-4-8-15-11/h1,3-5,7-8,10H,2,6,9H2,(H2,16,17,18,19,20). The molecule has 2 N–H and O–H groups in total. The Morgan fingerprint density at radius 2 is 2.35 bits per heavy atom. The van der Waals surface area contributed by atoms with E-state index in [1.54, 1.807) is 6.20 Å². The minimum Gasteiger partial charge on any atom is -0.306 e. The normalized spacial score (nSPS) is 17.3. The van der Waals surface area contributed by atoms with Crippen LogP contribution in [0.2, 0.25) is 0 Å². The maximum atomic E-state index is 11.9. The Labute approximate surface area is 116 Å². The Hall–Kier alpha value is -2.50. The fourth-order valence-electron chi connectivity index (χ4n) is 2.22. The van der Waals surface area contributed by atoms with E-state index in [9.17, 15) is 4.79 Å². The highest BCUT2D eigenvalue weighted by Crippen LogP contribution is 2.20. The number of aromatic nitrogens is 4. The summed E-state index contributed by atoms with van der Waals surface area (Å²) in [5.41, 5.74) is 0.694. The van der Waals surface area contributed by atoms with E-state index in [2.05, 4.69) is 37.6 Å². The highest BCUT2D eigenvalue weighted by molar-refractivity contribution is 5.89. The molecule has 0 aromatic carbocycles. The van der Waals surface area contributed by atoms with Crippen molar-refractivity contribution in [1.29, 1.82) is 0 Å². The summed E-state index contributed by atoms with van der Waals surface area (Å²) in [6.07, 6.45) is 8.48. The second kappa shape index (κ2) is 5.64. The molecule has 1 amide bonds. The number of anilines is 1. The summed E-state index contributed by atoms with van der Waals surface area (Å²) >= 11 is 0. The van der Waals surface area contributed by atoms with Crippen molar-refractivity contribution >= 4 is 11.9 Å². The zero-order valence-corrected chi connectivity index (χ0v) is 10.9. The smallest absolute Gasteiger partial charge is 0.228 e. The van der Waals surface area contributed by atoms with E-state index in [0.29, 0.717) is 29.8 Å². The largest absolute Gasteiger partial charge is 0.306 e. The van der Waals surface area contributed by atoms with Crippen LogP contribution in [0.3, 0.4) is 0 Å². The molecular weight excluding hydrogens is 254 g/mol. The highest BCUT2D eigenvalue weighted by atomic mass is 16.1. The molecule has 2 aromatic rings. The molecule has 0 spiro atoms. The van der Waals surface area contributed by atoms with Crippen LogP contribution in [0, 0.1) is 5.92 Å². The van der Waals surface area contributed by atoms with Gasteiger partial charge in [-0.3, -0.25) is 15.1 Å². The first-order valence-corrected chi connectivity index (χ1v) is 6.62. The monoisotopic (exact) mass is 269 g/mol. The zero-order valence-electron chi connectivity index (χ0n) is 10.9. The average molecular weight is 269 g/mol. The van der Waals surface area contributed by atoms with Crippen LogP contribution in [0.25, 0.3) is 11.5 Å². The van der Waals surface area contributed by atoms with E-state index in [0.717, 1.165) is 12.8 Å². The summed E-state index contributed by atoms with van der Waals surface area (Å²) in [4.78, 5) is 19.0. The Kier molecular flexibility index (Phi) is 3.54. The van der Waals surface area contributed by atoms with Crippen LogP contribution in [0.1, 0.15) is 19.3 Å². The van der Waals surface area contributed by atoms with E-state index < -0.39 is 0 Å². The van der Waals surface area contributed by atoms with Crippen LogP contribution in [0.5, 0.6) is 0 Å². The van der Waals surface area contributed by atoms with Gasteiger partial charge in [0, 0.05) is 12.6 Å². The number of amides is 1. The Morgan fingerprint density at radius 1 is 1.40 bits per heavy atom. The fraction of sp³-hybridized carbons (Fsp3) is 0.286. The van der Waals surface area contributed by atoms with Gasteiger partial charge in [-0.15, -0.1) is 10.2 Å². The first kappa shape index (κ1) is 12.5. The van der Waals surface area contributed by atoms with Gasteiger partial charge in [-0.05, 0) is 30.9 Å². The number of hydrogen-bond donors (Lipinski definition) is 2. The molecule has 2 aromatic heterocycles. The molecule has 3 rings (SSSR count). The minimum absolute atomic E-state index is 0.0507. The second-order valence-corrected chi connectivity index (χ2v) is 4.76. The number of aromatic amines is 1. The summed E-state index contributed by atoms with van der Waals surface area (Å²) < 4.78 is 0. The van der Waals surface area contributed by atoms with Gasteiger partial charge in [-0.1, -0.05) is 18.2 Å². The summed E-state index contributed by atoms with van der Waals surface area (Å²) in [6, 6.07) is 5.53. The van der Waals surface area contributed by atoms with Gasteiger partial charge >= 0.3 is 0 Å². The SMILES string of the molecule is O=C(CC1C=CCC1)Nc1nnc(-c2ccccn2)[nH]1. The van der Waals surface area contributed by atoms with E-state index in [1.165, 1.54) is 0 Å². The molecule has 6 heteroatoms. The number of hydrogen-bond acceptors (Lipinski definition) is 4. The lowest BCUT2D eigenvalue weighted by molar-refractivity contribution is -0.116. The molecule has 20 heavy (non-hydrogen) atoms. The average Bonchev–Trinajstić information content (AvgIpc) is 3.11. The number of carbonyl (C=O) groups excluding carboxylic acids is 1. The number of nitrogens with one attached hydrogen (secondary N) is 2. The van der Waals surface area contributed by atoms with Crippen molar-refractivity contribution in [1.82, 2.24) is 20.2 Å². The quantitative estimate of drug-likeness (QED) is 0.833. The molecule has 1 aliphatic carbocycles. The van der Waals surface area contributed by atoms with Gasteiger partial charge in [0.05, 0.1) is 0 Å². The predicted molar refractivity (Wildman–Crippen MR) is 74.7 cm³/mol. The summed E-state index contributed by atoms with van der Waals surface area (Å²) in [7, 11) is 0. The van der Waals surface area contributed by atoms with E-state index in [1.807, 2.05) is 18.2 Å². The Bertz CT molecular complexity index is 620. The predicted octanol–water partition coefficient (Wildman–Crippen LogP) is 2.16.